The van der Waals surface area contributed by atoms with Crippen LogP contribution >= 0.6 is 11.8 Å². The Balaban J connectivity index is 2.48. The van der Waals surface area contributed by atoms with Crippen molar-refractivity contribution in [3.63, 3.8) is 0 Å². The SMILES string of the molecule is CCC1C=C(N)Sc2ccc(C)cc21. The maximum absolute atomic E-state index is 5.88. The van der Waals surface area contributed by atoms with Crippen LogP contribution in [-0.4, -0.2) is 0 Å². The van der Waals surface area contributed by atoms with Crippen molar-refractivity contribution < 1.29 is 0 Å². The van der Waals surface area contributed by atoms with Gasteiger partial charge >= 0.3 is 0 Å². The summed E-state index contributed by atoms with van der Waals surface area (Å²) in [4.78, 5) is 1.32. The summed E-state index contributed by atoms with van der Waals surface area (Å²) < 4.78 is 0. The molecule has 1 unspecified atom stereocenters. The highest BCUT2D eigenvalue weighted by atomic mass is 32.2. The number of nitrogens with two attached hydrogens (primary N) is 1. The van der Waals surface area contributed by atoms with Crippen molar-refractivity contribution in [1.29, 1.82) is 0 Å². The molecular weight excluding hydrogens is 190 g/mol. The second kappa shape index (κ2) is 3.70. The van der Waals surface area contributed by atoms with E-state index in [1.54, 1.807) is 11.8 Å². The molecule has 14 heavy (non-hydrogen) atoms. The number of hydrogen-bond acceptors (Lipinski definition) is 2. The van der Waals surface area contributed by atoms with Gasteiger partial charge < -0.3 is 5.73 Å². The van der Waals surface area contributed by atoms with Gasteiger partial charge in [0.25, 0.3) is 0 Å². The highest BCUT2D eigenvalue weighted by Crippen LogP contribution is 2.39. The van der Waals surface area contributed by atoms with Gasteiger partial charge in [-0.15, -0.1) is 0 Å². The molecule has 1 heterocycles. The fourth-order valence-corrected chi connectivity index (χ4v) is 2.79. The lowest BCUT2D eigenvalue weighted by Crippen LogP contribution is -2.06. The van der Waals surface area contributed by atoms with E-state index in [2.05, 4.69) is 38.1 Å². The van der Waals surface area contributed by atoms with Gasteiger partial charge in [-0.1, -0.05) is 36.4 Å². The van der Waals surface area contributed by atoms with Crippen LogP contribution in [0.2, 0.25) is 0 Å². The van der Waals surface area contributed by atoms with Crippen molar-refractivity contribution in [2.24, 2.45) is 5.73 Å². The molecule has 2 heteroatoms. The van der Waals surface area contributed by atoms with Crippen LogP contribution in [0.4, 0.5) is 0 Å². The van der Waals surface area contributed by atoms with Gasteiger partial charge in [-0.2, -0.15) is 0 Å². The monoisotopic (exact) mass is 205 g/mol. The minimum Gasteiger partial charge on any atom is -0.393 e. The van der Waals surface area contributed by atoms with E-state index in [1.165, 1.54) is 16.0 Å². The maximum atomic E-state index is 5.88. The molecular formula is C12H15NS. The standard InChI is InChI=1S/C12H15NS/c1-3-9-7-12(13)14-11-5-4-8(2)6-10(9)11/h4-7,9H,3,13H2,1-2H3. The second-order valence-electron chi connectivity index (χ2n) is 3.73. The van der Waals surface area contributed by atoms with Crippen molar-refractivity contribution in [2.75, 3.05) is 0 Å². The molecule has 0 fully saturated rings. The van der Waals surface area contributed by atoms with Crippen molar-refractivity contribution in [1.82, 2.24) is 0 Å². The Kier molecular flexibility index (Phi) is 2.55. The fourth-order valence-electron chi connectivity index (χ4n) is 1.84. The lowest BCUT2D eigenvalue weighted by atomic mass is 9.95. The Morgan fingerprint density at radius 3 is 2.93 bits per heavy atom. The van der Waals surface area contributed by atoms with Gasteiger partial charge in [0.1, 0.15) is 0 Å². The molecule has 0 aliphatic carbocycles. The smallest absolute Gasteiger partial charge is 0.0669 e. The van der Waals surface area contributed by atoms with E-state index in [-0.39, 0.29) is 0 Å². The molecule has 1 aliphatic heterocycles. The van der Waals surface area contributed by atoms with Crippen LogP contribution in [0.15, 0.2) is 34.2 Å². The van der Waals surface area contributed by atoms with Gasteiger partial charge in [-0.3, -0.25) is 0 Å². The molecule has 0 aromatic heterocycles. The van der Waals surface area contributed by atoms with Gasteiger partial charge in [0.15, 0.2) is 0 Å². The molecule has 1 nitrogen and oxygen atoms in total. The number of benzene rings is 1. The zero-order valence-corrected chi connectivity index (χ0v) is 9.40. The van der Waals surface area contributed by atoms with Crippen molar-refractivity contribution >= 4 is 11.8 Å². The van der Waals surface area contributed by atoms with Crippen LogP contribution in [-0.2, 0) is 0 Å². The van der Waals surface area contributed by atoms with E-state index in [9.17, 15) is 0 Å². The molecule has 0 bridgehead atoms. The minimum absolute atomic E-state index is 0.506. The Bertz CT molecular complexity index is 382. The highest BCUT2D eigenvalue weighted by Gasteiger charge is 2.17. The Morgan fingerprint density at radius 1 is 1.43 bits per heavy atom. The van der Waals surface area contributed by atoms with Crippen molar-refractivity contribution in [3.05, 3.63) is 40.4 Å². The summed E-state index contributed by atoms with van der Waals surface area (Å²) in [5, 5.41) is 0.938. The summed E-state index contributed by atoms with van der Waals surface area (Å²) in [6, 6.07) is 6.61. The maximum Gasteiger partial charge on any atom is 0.0669 e. The Labute approximate surface area is 89.4 Å². The Hall–Kier alpha value is -0.890. The summed E-state index contributed by atoms with van der Waals surface area (Å²) in [6.45, 7) is 4.34. The lowest BCUT2D eigenvalue weighted by Gasteiger charge is -2.21. The molecule has 1 aromatic carbocycles. The topological polar surface area (TPSA) is 26.0 Å². The van der Waals surface area contributed by atoms with E-state index in [1.807, 2.05) is 0 Å². The average Bonchev–Trinajstić information content (AvgIpc) is 2.17. The number of thioether (sulfide) groups is 1. The molecule has 0 spiro atoms. The molecule has 74 valence electrons. The molecule has 0 radical (unpaired) electrons. The third-order valence-corrected chi connectivity index (χ3v) is 3.56. The second-order valence-corrected chi connectivity index (χ2v) is 4.84. The molecule has 1 aliphatic rings. The van der Waals surface area contributed by atoms with E-state index in [0.29, 0.717) is 5.92 Å². The first kappa shape index (κ1) is 9.66. The molecule has 0 saturated heterocycles. The molecule has 0 saturated carbocycles. The summed E-state index contributed by atoms with van der Waals surface area (Å²) in [5.74, 6) is 0.506. The van der Waals surface area contributed by atoms with Crippen LogP contribution in [0.3, 0.4) is 0 Å². The van der Waals surface area contributed by atoms with Gasteiger partial charge in [-0.05, 0) is 31.1 Å². The number of allylic oxidation sites excluding steroid dienone is 1. The van der Waals surface area contributed by atoms with E-state index in [4.69, 9.17) is 5.73 Å². The molecule has 1 atom stereocenters. The predicted octanol–water partition coefficient (Wildman–Crippen LogP) is 3.39. The van der Waals surface area contributed by atoms with Crippen LogP contribution < -0.4 is 5.73 Å². The average molecular weight is 205 g/mol. The third-order valence-electron chi connectivity index (χ3n) is 2.60. The van der Waals surface area contributed by atoms with Crippen LogP contribution in [0.5, 0.6) is 0 Å². The number of rotatable bonds is 1. The summed E-state index contributed by atoms with van der Waals surface area (Å²) >= 11 is 1.68. The zero-order chi connectivity index (χ0) is 10.1. The fraction of sp³-hybridized carbons (Fsp3) is 0.333. The van der Waals surface area contributed by atoms with Crippen LogP contribution in [0, 0.1) is 6.92 Å². The Morgan fingerprint density at radius 2 is 2.21 bits per heavy atom. The molecule has 1 aromatic rings. The van der Waals surface area contributed by atoms with Crippen molar-refractivity contribution in [2.45, 2.75) is 31.1 Å². The van der Waals surface area contributed by atoms with E-state index >= 15 is 0 Å². The summed E-state index contributed by atoms with van der Waals surface area (Å²) in [7, 11) is 0. The van der Waals surface area contributed by atoms with Gasteiger partial charge in [0, 0.05) is 10.8 Å². The normalized spacial score (nSPS) is 20.1. The lowest BCUT2D eigenvalue weighted by molar-refractivity contribution is 0.779. The number of aryl methyl sites for hydroxylation is 1. The van der Waals surface area contributed by atoms with Crippen molar-refractivity contribution in [3.8, 4) is 0 Å². The molecule has 2 N–H and O–H groups in total. The molecule has 2 rings (SSSR count). The quantitative estimate of drug-likeness (QED) is 0.760. The van der Waals surface area contributed by atoms with Gasteiger partial charge in [-0.25, -0.2) is 0 Å². The predicted molar refractivity (Wildman–Crippen MR) is 62.3 cm³/mol. The number of hydrogen-bond donors (Lipinski definition) is 1. The third kappa shape index (κ3) is 1.67. The summed E-state index contributed by atoms with van der Waals surface area (Å²) in [6.07, 6.45) is 3.30. The number of fused-ring (bicyclic) bond motifs is 1. The van der Waals surface area contributed by atoms with Crippen LogP contribution in [0.1, 0.15) is 30.4 Å². The first-order chi connectivity index (χ1) is 6.70. The summed E-state index contributed by atoms with van der Waals surface area (Å²) in [5.41, 5.74) is 8.64. The minimum atomic E-state index is 0.506. The molecule has 0 amide bonds. The largest absolute Gasteiger partial charge is 0.393 e. The van der Waals surface area contributed by atoms with Crippen LogP contribution in [0.25, 0.3) is 0 Å². The van der Waals surface area contributed by atoms with Gasteiger partial charge in [0.2, 0.25) is 0 Å². The van der Waals surface area contributed by atoms with Gasteiger partial charge in [0.05, 0.1) is 5.03 Å². The zero-order valence-electron chi connectivity index (χ0n) is 8.58. The van der Waals surface area contributed by atoms with E-state index < -0.39 is 0 Å². The first-order valence-electron chi connectivity index (χ1n) is 4.96. The highest BCUT2D eigenvalue weighted by molar-refractivity contribution is 8.03. The first-order valence-corrected chi connectivity index (χ1v) is 5.78. The van der Waals surface area contributed by atoms with E-state index in [0.717, 1.165) is 11.4 Å².